The van der Waals surface area contributed by atoms with Crippen LogP contribution in [-0.4, -0.2) is 10.9 Å². The van der Waals surface area contributed by atoms with Gasteiger partial charge in [0, 0.05) is 27.6 Å². The van der Waals surface area contributed by atoms with E-state index in [-0.39, 0.29) is 5.91 Å². The van der Waals surface area contributed by atoms with Gasteiger partial charge in [-0.3, -0.25) is 9.78 Å². The third-order valence-electron chi connectivity index (χ3n) is 3.15. The lowest BCUT2D eigenvalue weighted by Gasteiger charge is -2.09. The molecule has 2 aromatic heterocycles. The van der Waals surface area contributed by atoms with Crippen LogP contribution in [-0.2, 0) is 6.54 Å². The zero-order valence-corrected chi connectivity index (χ0v) is 13.9. The van der Waals surface area contributed by atoms with E-state index in [1.54, 1.807) is 54.9 Å². The third kappa shape index (κ3) is 4.28. The standard InChI is InChI=1S/C17H13Cl2N3O2/c18-11-6-12(19)8-14(7-11)22-13-3-4-20-16(9-13)17(23)21-10-15-2-1-5-24-15/h1-9H,10H2,(H,20,22)(H,21,23). The van der Waals surface area contributed by atoms with E-state index in [0.717, 1.165) is 5.69 Å². The number of hydrogen-bond acceptors (Lipinski definition) is 4. The minimum Gasteiger partial charge on any atom is -0.467 e. The van der Waals surface area contributed by atoms with Gasteiger partial charge in [0.25, 0.3) is 5.91 Å². The Kier molecular flexibility index (Phi) is 5.03. The molecule has 0 spiro atoms. The number of halogens is 2. The van der Waals surface area contributed by atoms with E-state index in [9.17, 15) is 4.79 Å². The minimum absolute atomic E-state index is 0.291. The van der Waals surface area contributed by atoms with Crippen LogP contribution in [0.2, 0.25) is 10.0 Å². The van der Waals surface area contributed by atoms with Crippen molar-refractivity contribution in [2.75, 3.05) is 5.32 Å². The Balaban J connectivity index is 1.70. The van der Waals surface area contributed by atoms with E-state index < -0.39 is 0 Å². The highest BCUT2D eigenvalue weighted by molar-refractivity contribution is 6.35. The van der Waals surface area contributed by atoms with Gasteiger partial charge in [0.1, 0.15) is 11.5 Å². The fourth-order valence-electron chi connectivity index (χ4n) is 2.10. The Hall–Kier alpha value is -2.50. The fraction of sp³-hybridized carbons (Fsp3) is 0.0588. The monoisotopic (exact) mass is 361 g/mol. The van der Waals surface area contributed by atoms with Crippen LogP contribution in [0.15, 0.2) is 59.3 Å². The highest BCUT2D eigenvalue weighted by atomic mass is 35.5. The Labute approximate surface area is 148 Å². The van der Waals surface area contributed by atoms with E-state index in [2.05, 4.69) is 15.6 Å². The van der Waals surface area contributed by atoms with Gasteiger partial charge in [-0.1, -0.05) is 23.2 Å². The van der Waals surface area contributed by atoms with Crippen molar-refractivity contribution in [3.05, 3.63) is 76.4 Å². The lowest BCUT2D eigenvalue weighted by molar-refractivity contribution is 0.0943. The molecule has 2 heterocycles. The first-order chi connectivity index (χ1) is 11.6. The van der Waals surface area contributed by atoms with Crippen molar-refractivity contribution in [2.45, 2.75) is 6.54 Å². The summed E-state index contributed by atoms with van der Waals surface area (Å²) >= 11 is 12.0. The van der Waals surface area contributed by atoms with E-state index in [1.807, 2.05) is 0 Å². The average Bonchev–Trinajstić information content (AvgIpc) is 3.05. The lowest BCUT2D eigenvalue weighted by atomic mass is 10.2. The Bertz CT molecular complexity index is 831. The van der Waals surface area contributed by atoms with Crippen LogP contribution in [0.3, 0.4) is 0 Å². The number of furan rings is 1. The topological polar surface area (TPSA) is 67.2 Å². The summed E-state index contributed by atoms with van der Waals surface area (Å²) in [6.45, 7) is 0.301. The molecule has 5 nitrogen and oxygen atoms in total. The van der Waals surface area contributed by atoms with E-state index in [4.69, 9.17) is 27.6 Å². The Morgan fingerprint density at radius 3 is 2.58 bits per heavy atom. The molecular formula is C17H13Cl2N3O2. The molecule has 1 aromatic carbocycles. The quantitative estimate of drug-likeness (QED) is 0.693. The molecule has 0 aliphatic heterocycles. The van der Waals surface area contributed by atoms with Gasteiger partial charge in [-0.25, -0.2) is 0 Å². The third-order valence-corrected chi connectivity index (χ3v) is 3.58. The molecule has 0 aliphatic carbocycles. The molecule has 0 unspecified atom stereocenters. The maximum atomic E-state index is 12.2. The van der Waals surface area contributed by atoms with Crippen molar-refractivity contribution in [2.24, 2.45) is 0 Å². The predicted molar refractivity (Wildman–Crippen MR) is 93.9 cm³/mol. The zero-order valence-electron chi connectivity index (χ0n) is 12.4. The van der Waals surface area contributed by atoms with Crippen molar-refractivity contribution in [1.82, 2.24) is 10.3 Å². The molecule has 3 rings (SSSR count). The molecule has 24 heavy (non-hydrogen) atoms. The normalized spacial score (nSPS) is 10.4. The molecule has 7 heteroatoms. The van der Waals surface area contributed by atoms with Gasteiger partial charge in [0.05, 0.1) is 12.8 Å². The van der Waals surface area contributed by atoms with Crippen LogP contribution in [0.1, 0.15) is 16.2 Å². The summed E-state index contributed by atoms with van der Waals surface area (Å²) < 4.78 is 5.17. The second-order valence-electron chi connectivity index (χ2n) is 4.97. The molecular weight excluding hydrogens is 349 g/mol. The summed E-state index contributed by atoms with van der Waals surface area (Å²) in [7, 11) is 0. The van der Waals surface area contributed by atoms with Gasteiger partial charge in [0.2, 0.25) is 0 Å². The number of anilines is 2. The maximum Gasteiger partial charge on any atom is 0.270 e. The van der Waals surface area contributed by atoms with Crippen LogP contribution in [0, 0.1) is 0 Å². The average molecular weight is 362 g/mol. The molecule has 2 N–H and O–H groups in total. The maximum absolute atomic E-state index is 12.2. The molecule has 0 atom stereocenters. The number of nitrogens with one attached hydrogen (secondary N) is 2. The number of aromatic nitrogens is 1. The first kappa shape index (κ1) is 16.4. The number of amides is 1. The van der Waals surface area contributed by atoms with Gasteiger partial charge < -0.3 is 15.1 Å². The smallest absolute Gasteiger partial charge is 0.270 e. The summed E-state index contributed by atoms with van der Waals surface area (Å²) in [5.74, 6) is 0.380. The second-order valence-corrected chi connectivity index (χ2v) is 5.85. The van der Waals surface area contributed by atoms with Crippen molar-refractivity contribution in [3.8, 4) is 0 Å². The number of rotatable bonds is 5. The van der Waals surface area contributed by atoms with E-state index in [0.29, 0.717) is 33.7 Å². The van der Waals surface area contributed by atoms with E-state index in [1.165, 1.54) is 0 Å². The summed E-state index contributed by atoms with van der Waals surface area (Å²) in [6, 6.07) is 12.1. The first-order valence-electron chi connectivity index (χ1n) is 7.10. The van der Waals surface area contributed by atoms with Gasteiger partial charge in [0.15, 0.2) is 0 Å². The predicted octanol–water partition coefficient (Wildman–Crippen LogP) is 4.66. The van der Waals surface area contributed by atoms with Crippen LogP contribution in [0.5, 0.6) is 0 Å². The molecule has 0 saturated heterocycles. The lowest BCUT2D eigenvalue weighted by Crippen LogP contribution is -2.23. The number of carbonyl (C=O) groups is 1. The highest BCUT2D eigenvalue weighted by Crippen LogP contribution is 2.25. The number of nitrogens with zero attached hydrogens (tertiary/aromatic N) is 1. The van der Waals surface area contributed by atoms with Crippen LogP contribution in [0.4, 0.5) is 11.4 Å². The summed E-state index contributed by atoms with van der Waals surface area (Å²) in [5, 5.41) is 6.94. The molecule has 0 saturated carbocycles. The SMILES string of the molecule is O=C(NCc1ccco1)c1cc(Nc2cc(Cl)cc(Cl)c2)ccn1. The Morgan fingerprint density at radius 2 is 1.88 bits per heavy atom. The van der Waals surface area contributed by atoms with Gasteiger partial charge in [-0.05, 0) is 42.5 Å². The molecule has 0 aliphatic rings. The molecule has 0 bridgehead atoms. The number of benzene rings is 1. The van der Waals surface area contributed by atoms with Crippen molar-refractivity contribution in [1.29, 1.82) is 0 Å². The molecule has 0 radical (unpaired) electrons. The van der Waals surface area contributed by atoms with Gasteiger partial charge in [-0.2, -0.15) is 0 Å². The fourth-order valence-corrected chi connectivity index (χ4v) is 2.62. The number of carbonyl (C=O) groups excluding carboxylic acids is 1. The summed E-state index contributed by atoms with van der Waals surface area (Å²) in [5.41, 5.74) is 1.71. The number of pyridine rings is 1. The molecule has 122 valence electrons. The molecule has 3 aromatic rings. The summed E-state index contributed by atoms with van der Waals surface area (Å²) in [6.07, 6.45) is 3.11. The van der Waals surface area contributed by atoms with Crippen LogP contribution in [0.25, 0.3) is 0 Å². The first-order valence-corrected chi connectivity index (χ1v) is 7.85. The number of hydrogen-bond donors (Lipinski definition) is 2. The van der Waals surface area contributed by atoms with Gasteiger partial charge in [-0.15, -0.1) is 0 Å². The zero-order chi connectivity index (χ0) is 16.9. The summed E-state index contributed by atoms with van der Waals surface area (Å²) in [4.78, 5) is 16.2. The van der Waals surface area contributed by atoms with Crippen molar-refractivity contribution in [3.63, 3.8) is 0 Å². The second kappa shape index (κ2) is 7.38. The van der Waals surface area contributed by atoms with E-state index >= 15 is 0 Å². The molecule has 1 amide bonds. The van der Waals surface area contributed by atoms with Gasteiger partial charge >= 0.3 is 0 Å². The highest BCUT2D eigenvalue weighted by Gasteiger charge is 2.09. The Morgan fingerprint density at radius 1 is 1.08 bits per heavy atom. The largest absolute Gasteiger partial charge is 0.467 e. The molecule has 0 fully saturated rings. The van der Waals surface area contributed by atoms with Crippen LogP contribution < -0.4 is 10.6 Å². The van der Waals surface area contributed by atoms with Crippen LogP contribution >= 0.6 is 23.2 Å². The minimum atomic E-state index is -0.292. The van der Waals surface area contributed by atoms with Crippen molar-refractivity contribution >= 4 is 40.5 Å². The van der Waals surface area contributed by atoms with Crippen molar-refractivity contribution < 1.29 is 9.21 Å².